The average Bonchev–Trinajstić information content (AvgIpc) is 3.76. The topological polar surface area (TPSA) is 0 Å². The minimum Gasteiger partial charge on any atom is -0.134 e. The fourth-order valence-electron chi connectivity index (χ4n) is 7.53. The van der Waals surface area contributed by atoms with Crippen molar-refractivity contribution in [2.75, 3.05) is 0 Å². The second-order valence-electron chi connectivity index (χ2n) is 12.8. The molecule has 2 aromatic heterocycles. The third-order valence-corrected chi connectivity index (χ3v) is 12.2. The Hall–Kier alpha value is -5.80. The van der Waals surface area contributed by atoms with E-state index in [2.05, 4.69) is 182 Å². The summed E-state index contributed by atoms with van der Waals surface area (Å²) >= 11 is 3.86. The Morgan fingerprint density at radius 3 is 1.10 bits per heavy atom. The number of benzene rings is 8. The lowest BCUT2D eigenvalue weighted by Gasteiger charge is -2.14. The number of hydrogen-bond acceptors (Lipinski definition) is 2. The third-order valence-electron chi connectivity index (χ3n) is 9.87. The molecular weight excluding hydrogens is 641 g/mol. The Balaban J connectivity index is 1.39. The summed E-state index contributed by atoms with van der Waals surface area (Å²) in [5, 5.41) is 5.30. The van der Waals surface area contributed by atoms with Gasteiger partial charge in [-0.05, 0) is 74.8 Å². The zero-order chi connectivity index (χ0) is 33.0. The Labute approximate surface area is 299 Å². The molecule has 0 N–H and O–H groups in total. The maximum absolute atomic E-state index is 2.43. The highest BCUT2D eigenvalue weighted by Gasteiger charge is 2.25. The second kappa shape index (κ2) is 12.0. The van der Waals surface area contributed by atoms with E-state index in [4.69, 9.17) is 0 Å². The minimum atomic E-state index is 1.23. The lowest BCUT2D eigenvalue weighted by molar-refractivity contribution is 1.62. The van der Waals surface area contributed by atoms with Gasteiger partial charge in [0.05, 0.1) is 0 Å². The molecule has 0 fully saturated rings. The van der Waals surface area contributed by atoms with Gasteiger partial charge < -0.3 is 0 Å². The van der Waals surface area contributed by atoms with E-state index in [9.17, 15) is 0 Å². The lowest BCUT2D eigenvalue weighted by atomic mass is 9.89. The van der Waals surface area contributed by atoms with Crippen molar-refractivity contribution < 1.29 is 0 Å². The molecule has 0 unspecified atom stereocenters. The Kier molecular flexibility index (Phi) is 6.97. The molecule has 0 aliphatic heterocycles. The fourth-order valence-corrected chi connectivity index (χ4v) is 10.1. The summed E-state index contributed by atoms with van der Waals surface area (Å²) < 4.78 is 5.31. The molecule has 8 aromatic carbocycles. The van der Waals surface area contributed by atoms with Crippen LogP contribution in [-0.2, 0) is 0 Å². The maximum atomic E-state index is 2.43. The zero-order valence-electron chi connectivity index (χ0n) is 27.1. The summed E-state index contributed by atoms with van der Waals surface area (Å²) in [6.07, 6.45) is 0. The molecule has 2 heteroatoms. The smallest absolute Gasteiger partial charge is 0.0454 e. The van der Waals surface area contributed by atoms with Crippen molar-refractivity contribution in [2.45, 2.75) is 0 Å². The van der Waals surface area contributed by atoms with Gasteiger partial charge in [0, 0.05) is 51.5 Å². The van der Waals surface area contributed by atoms with E-state index in [1.807, 2.05) is 22.7 Å². The fraction of sp³-hybridized carbons (Fsp3) is 0. The summed E-state index contributed by atoms with van der Waals surface area (Å²) in [4.78, 5) is 0. The number of hydrogen-bond donors (Lipinski definition) is 0. The van der Waals surface area contributed by atoms with E-state index < -0.39 is 0 Å². The van der Waals surface area contributed by atoms with Gasteiger partial charge in [0.25, 0.3) is 0 Å². The number of rotatable bonds is 5. The molecule has 0 aliphatic rings. The van der Waals surface area contributed by atoms with Gasteiger partial charge >= 0.3 is 0 Å². The Bertz CT molecular complexity index is 2690. The molecule has 2 heterocycles. The van der Waals surface area contributed by atoms with E-state index in [1.165, 1.54) is 96.0 Å². The van der Waals surface area contributed by atoms with E-state index in [-0.39, 0.29) is 0 Å². The summed E-state index contributed by atoms with van der Waals surface area (Å²) in [5.41, 5.74) is 12.6. The first kappa shape index (κ1) is 29.1. The van der Waals surface area contributed by atoms with E-state index in [0.29, 0.717) is 0 Å². The quantitative estimate of drug-likeness (QED) is 0.171. The predicted molar refractivity (Wildman–Crippen MR) is 219 cm³/mol. The molecule has 0 spiro atoms. The van der Waals surface area contributed by atoms with Crippen LogP contribution in [0.2, 0.25) is 0 Å². The standard InChI is InChI=1S/C48H30S2/c1-5-14-31(15-6-1)35-22-13-23-38(28-35)44-47-45(39-29-36(24-26-41(39)49-47)32-16-7-2-8-17-32)43(34-20-11-4-12-21-34)46-40-30-37(33-18-9-3-10-19-33)25-27-42(40)50-48(44)46/h1-30H. The molecule has 234 valence electrons. The summed E-state index contributed by atoms with van der Waals surface area (Å²) in [5.74, 6) is 0. The first-order valence-corrected chi connectivity index (χ1v) is 18.6. The summed E-state index contributed by atoms with van der Waals surface area (Å²) in [6, 6.07) is 66.6. The third kappa shape index (κ3) is 4.80. The molecule has 0 saturated heterocycles. The largest absolute Gasteiger partial charge is 0.134 e. The monoisotopic (exact) mass is 670 g/mol. The van der Waals surface area contributed by atoms with Crippen LogP contribution in [0.1, 0.15) is 0 Å². The molecule has 10 rings (SSSR count). The van der Waals surface area contributed by atoms with Gasteiger partial charge in [0.2, 0.25) is 0 Å². The van der Waals surface area contributed by atoms with Crippen LogP contribution in [-0.4, -0.2) is 0 Å². The maximum Gasteiger partial charge on any atom is 0.0454 e. The molecule has 0 nitrogen and oxygen atoms in total. The van der Waals surface area contributed by atoms with Crippen LogP contribution < -0.4 is 0 Å². The Morgan fingerprint density at radius 1 is 0.260 bits per heavy atom. The highest BCUT2D eigenvalue weighted by Crippen LogP contribution is 2.54. The molecule has 0 radical (unpaired) electrons. The van der Waals surface area contributed by atoms with Crippen molar-refractivity contribution in [2.24, 2.45) is 0 Å². The van der Waals surface area contributed by atoms with E-state index >= 15 is 0 Å². The van der Waals surface area contributed by atoms with Crippen molar-refractivity contribution >= 4 is 63.0 Å². The molecule has 0 saturated carbocycles. The zero-order valence-corrected chi connectivity index (χ0v) is 28.8. The van der Waals surface area contributed by atoms with Gasteiger partial charge in [-0.3, -0.25) is 0 Å². The average molecular weight is 671 g/mol. The predicted octanol–water partition coefficient (Wildman–Crippen LogP) is 14.8. The molecule has 0 bridgehead atoms. The minimum absolute atomic E-state index is 1.23. The molecular formula is C48H30S2. The molecule has 10 aromatic rings. The van der Waals surface area contributed by atoms with Gasteiger partial charge in [0.15, 0.2) is 0 Å². The van der Waals surface area contributed by atoms with Crippen LogP contribution in [0, 0.1) is 0 Å². The Morgan fingerprint density at radius 2 is 0.640 bits per heavy atom. The van der Waals surface area contributed by atoms with Crippen LogP contribution in [0.25, 0.3) is 96.0 Å². The van der Waals surface area contributed by atoms with Crippen LogP contribution in [0.5, 0.6) is 0 Å². The van der Waals surface area contributed by atoms with Crippen molar-refractivity contribution in [3.05, 3.63) is 182 Å². The first-order chi connectivity index (χ1) is 24.8. The lowest BCUT2D eigenvalue weighted by Crippen LogP contribution is -1.88. The van der Waals surface area contributed by atoms with Crippen LogP contribution >= 0.6 is 22.7 Å². The van der Waals surface area contributed by atoms with Crippen LogP contribution in [0.3, 0.4) is 0 Å². The van der Waals surface area contributed by atoms with Crippen molar-refractivity contribution in [1.29, 1.82) is 0 Å². The highest BCUT2D eigenvalue weighted by molar-refractivity contribution is 7.29. The van der Waals surface area contributed by atoms with Crippen molar-refractivity contribution in [1.82, 2.24) is 0 Å². The molecule has 50 heavy (non-hydrogen) atoms. The van der Waals surface area contributed by atoms with E-state index in [1.54, 1.807) is 0 Å². The second-order valence-corrected chi connectivity index (χ2v) is 14.9. The summed E-state index contributed by atoms with van der Waals surface area (Å²) in [6.45, 7) is 0. The molecule has 0 aliphatic carbocycles. The number of fused-ring (bicyclic) bond motifs is 6. The van der Waals surface area contributed by atoms with Gasteiger partial charge in [-0.1, -0.05) is 152 Å². The highest BCUT2D eigenvalue weighted by atomic mass is 32.1. The van der Waals surface area contributed by atoms with Gasteiger partial charge in [-0.25, -0.2) is 0 Å². The molecule has 0 atom stereocenters. The van der Waals surface area contributed by atoms with E-state index in [0.717, 1.165) is 0 Å². The normalized spacial score (nSPS) is 11.6. The van der Waals surface area contributed by atoms with Gasteiger partial charge in [0.1, 0.15) is 0 Å². The number of thiophene rings is 2. The SMILES string of the molecule is c1ccc(-c2cccc(-c3c4sc5ccc(-c6ccccc6)cc5c4c(-c4ccccc4)c4c3sc3ccc(-c5ccccc5)cc34)c2)cc1. The first-order valence-electron chi connectivity index (χ1n) is 17.0. The van der Waals surface area contributed by atoms with Crippen LogP contribution in [0.4, 0.5) is 0 Å². The van der Waals surface area contributed by atoms with Gasteiger partial charge in [-0.15, -0.1) is 22.7 Å². The summed E-state index contributed by atoms with van der Waals surface area (Å²) in [7, 11) is 0. The van der Waals surface area contributed by atoms with Crippen molar-refractivity contribution in [3.63, 3.8) is 0 Å². The van der Waals surface area contributed by atoms with Crippen molar-refractivity contribution in [3.8, 4) is 55.6 Å². The van der Waals surface area contributed by atoms with Crippen LogP contribution in [0.15, 0.2) is 182 Å². The van der Waals surface area contributed by atoms with Gasteiger partial charge in [-0.2, -0.15) is 0 Å². The molecule has 0 amide bonds.